The molecule has 0 aromatic heterocycles. The van der Waals surface area contributed by atoms with Crippen LogP contribution in [0, 0.1) is 19.7 Å². The number of hydrogen-bond acceptors (Lipinski definition) is 0. The van der Waals surface area contributed by atoms with Crippen molar-refractivity contribution in [3.05, 3.63) is 82.7 Å². The molecule has 3 aromatic carbocycles. The van der Waals surface area contributed by atoms with Crippen LogP contribution in [0.25, 0.3) is 22.3 Å². The molecule has 0 unspecified atom stereocenters. The first kappa shape index (κ1) is 15.1. The largest absolute Gasteiger partial charge is 0.206 e. The molecule has 0 amide bonds. The smallest absolute Gasteiger partial charge is 0.131 e. The average molecular weight is 316 g/mol. The molecule has 24 heavy (non-hydrogen) atoms. The lowest BCUT2D eigenvalue weighted by molar-refractivity contribution is 0.629. The predicted molar refractivity (Wildman–Crippen MR) is 98.9 cm³/mol. The molecule has 1 aliphatic rings. The van der Waals surface area contributed by atoms with Crippen LogP contribution in [-0.2, 0) is 5.41 Å². The van der Waals surface area contributed by atoms with E-state index in [0.717, 1.165) is 11.1 Å². The molecule has 0 fully saturated rings. The second-order valence-electron chi connectivity index (χ2n) is 7.42. The van der Waals surface area contributed by atoms with Gasteiger partial charge in [0.15, 0.2) is 0 Å². The summed E-state index contributed by atoms with van der Waals surface area (Å²) < 4.78 is 14.4. The number of benzene rings is 3. The normalized spacial score (nSPS) is 14.4. The van der Waals surface area contributed by atoms with Gasteiger partial charge in [0.25, 0.3) is 0 Å². The molecule has 0 spiro atoms. The van der Waals surface area contributed by atoms with Gasteiger partial charge >= 0.3 is 0 Å². The Bertz CT molecular complexity index is 964. The van der Waals surface area contributed by atoms with Crippen molar-refractivity contribution in [3.63, 3.8) is 0 Å². The van der Waals surface area contributed by atoms with Crippen molar-refractivity contribution in [2.45, 2.75) is 33.1 Å². The second kappa shape index (κ2) is 5.04. The summed E-state index contributed by atoms with van der Waals surface area (Å²) in [5.41, 5.74) is 8.99. The van der Waals surface area contributed by atoms with Crippen LogP contribution in [0.15, 0.2) is 54.6 Å². The highest BCUT2D eigenvalue weighted by Gasteiger charge is 2.35. The molecular weight excluding hydrogens is 295 g/mol. The fraction of sp³-hybridized carbons (Fsp3) is 0.217. The Morgan fingerprint density at radius 3 is 1.88 bits per heavy atom. The highest BCUT2D eigenvalue weighted by molar-refractivity contribution is 5.83. The van der Waals surface area contributed by atoms with E-state index in [1.54, 1.807) is 6.07 Å². The summed E-state index contributed by atoms with van der Waals surface area (Å²) in [5, 5.41) is 0. The van der Waals surface area contributed by atoms with Gasteiger partial charge in [-0.2, -0.15) is 0 Å². The van der Waals surface area contributed by atoms with Crippen LogP contribution in [0.2, 0.25) is 0 Å². The standard InChI is InChI=1S/C23H21F/c1-14-6-9-18-19-10-7-16(17-8-5-15(2)12-22(17)24)13-21(19)23(3,4)20(18)11-14/h5-13H,1-4H3. The lowest BCUT2D eigenvalue weighted by atomic mass is 9.81. The lowest BCUT2D eigenvalue weighted by Gasteiger charge is -2.22. The quantitative estimate of drug-likeness (QED) is 0.486. The molecule has 0 bridgehead atoms. The van der Waals surface area contributed by atoms with Crippen molar-refractivity contribution in [2.24, 2.45) is 0 Å². The molecule has 1 heteroatoms. The van der Waals surface area contributed by atoms with E-state index in [9.17, 15) is 4.39 Å². The van der Waals surface area contributed by atoms with Crippen molar-refractivity contribution in [1.29, 1.82) is 0 Å². The summed E-state index contributed by atoms with van der Waals surface area (Å²) in [6.45, 7) is 8.56. The maximum absolute atomic E-state index is 14.4. The van der Waals surface area contributed by atoms with Gasteiger partial charge in [-0.25, -0.2) is 4.39 Å². The van der Waals surface area contributed by atoms with Crippen molar-refractivity contribution < 1.29 is 4.39 Å². The van der Waals surface area contributed by atoms with Crippen molar-refractivity contribution in [1.82, 2.24) is 0 Å². The van der Waals surface area contributed by atoms with E-state index < -0.39 is 0 Å². The van der Waals surface area contributed by atoms with Gasteiger partial charge in [-0.15, -0.1) is 0 Å². The highest BCUT2D eigenvalue weighted by Crippen LogP contribution is 2.49. The molecule has 0 heterocycles. The molecule has 0 aliphatic heterocycles. The molecule has 0 saturated carbocycles. The van der Waals surface area contributed by atoms with Crippen LogP contribution in [-0.4, -0.2) is 0 Å². The Balaban J connectivity index is 1.92. The minimum atomic E-state index is -0.154. The molecule has 0 nitrogen and oxygen atoms in total. The molecule has 3 aromatic rings. The zero-order valence-electron chi connectivity index (χ0n) is 14.6. The van der Waals surface area contributed by atoms with E-state index in [1.807, 2.05) is 25.1 Å². The van der Waals surface area contributed by atoms with Gasteiger partial charge in [0, 0.05) is 11.0 Å². The Hall–Kier alpha value is -2.41. The van der Waals surface area contributed by atoms with E-state index in [1.165, 1.54) is 27.8 Å². The Kier molecular flexibility index (Phi) is 3.18. The molecular formula is C23H21F. The fourth-order valence-corrected chi connectivity index (χ4v) is 3.87. The molecule has 0 atom stereocenters. The van der Waals surface area contributed by atoms with Crippen LogP contribution >= 0.6 is 0 Å². The number of aryl methyl sites for hydroxylation is 2. The van der Waals surface area contributed by atoms with Crippen LogP contribution in [0.1, 0.15) is 36.1 Å². The fourth-order valence-electron chi connectivity index (χ4n) is 3.87. The van der Waals surface area contributed by atoms with Crippen LogP contribution < -0.4 is 0 Å². The average Bonchev–Trinajstić information content (AvgIpc) is 2.75. The summed E-state index contributed by atoms with van der Waals surface area (Å²) in [5.74, 6) is -0.154. The first-order valence-corrected chi connectivity index (χ1v) is 8.40. The van der Waals surface area contributed by atoms with Crippen molar-refractivity contribution in [2.75, 3.05) is 0 Å². The highest BCUT2D eigenvalue weighted by atomic mass is 19.1. The minimum Gasteiger partial charge on any atom is -0.206 e. The Morgan fingerprint density at radius 2 is 1.21 bits per heavy atom. The van der Waals surface area contributed by atoms with Gasteiger partial charge in [0.2, 0.25) is 0 Å². The Morgan fingerprint density at radius 1 is 0.667 bits per heavy atom. The van der Waals surface area contributed by atoms with Gasteiger partial charge < -0.3 is 0 Å². The summed E-state index contributed by atoms with van der Waals surface area (Å²) in [6, 6.07) is 18.5. The monoisotopic (exact) mass is 316 g/mol. The van der Waals surface area contributed by atoms with Crippen LogP contribution in [0.5, 0.6) is 0 Å². The third kappa shape index (κ3) is 2.11. The summed E-state index contributed by atoms with van der Waals surface area (Å²) >= 11 is 0. The third-order valence-electron chi connectivity index (χ3n) is 5.27. The Labute approximate surface area is 143 Å². The van der Waals surface area contributed by atoms with Crippen LogP contribution in [0.4, 0.5) is 4.39 Å². The van der Waals surface area contributed by atoms with E-state index in [2.05, 4.69) is 51.1 Å². The van der Waals surface area contributed by atoms with Crippen LogP contribution in [0.3, 0.4) is 0 Å². The van der Waals surface area contributed by atoms with E-state index >= 15 is 0 Å². The van der Waals surface area contributed by atoms with Gasteiger partial charge in [-0.3, -0.25) is 0 Å². The topological polar surface area (TPSA) is 0 Å². The molecule has 1 aliphatic carbocycles. The molecule has 120 valence electrons. The molecule has 0 saturated heterocycles. The molecule has 0 N–H and O–H groups in total. The minimum absolute atomic E-state index is 0.0616. The first-order valence-electron chi connectivity index (χ1n) is 8.40. The maximum Gasteiger partial charge on any atom is 0.131 e. The van der Waals surface area contributed by atoms with Gasteiger partial charge in [0.05, 0.1) is 0 Å². The van der Waals surface area contributed by atoms with Gasteiger partial charge in [0.1, 0.15) is 5.82 Å². The maximum atomic E-state index is 14.4. The third-order valence-corrected chi connectivity index (χ3v) is 5.27. The summed E-state index contributed by atoms with van der Waals surface area (Å²) in [6.07, 6.45) is 0. The number of halogens is 1. The predicted octanol–water partition coefficient (Wildman–Crippen LogP) is 6.42. The number of fused-ring (bicyclic) bond motifs is 3. The SMILES string of the molecule is Cc1ccc(-c2ccc3c(c2)C(C)(C)c2cc(C)ccc2-3)c(F)c1. The van der Waals surface area contributed by atoms with Gasteiger partial charge in [-0.05, 0) is 59.4 Å². The van der Waals surface area contributed by atoms with E-state index in [0.29, 0.717) is 5.56 Å². The number of hydrogen-bond donors (Lipinski definition) is 0. The van der Waals surface area contributed by atoms with E-state index in [4.69, 9.17) is 0 Å². The lowest BCUT2D eigenvalue weighted by Crippen LogP contribution is -2.15. The first-order chi connectivity index (χ1) is 11.4. The second-order valence-corrected chi connectivity index (χ2v) is 7.42. The molecule has 0 radical (unpaired) electrons. The van der Waals surface area contributed by atoms with Crippen molar-refractivity contribution >= 4 is 0 Å². The van der Waals surface area contributed by atoms with Gasteiger partial charge in [-0.1, -0.05) is 61.9 Å². The zero-order valence-corrected chi connectivity index (χ0v) is 14.6. The summed E-state index contributed by atoms with van der Waals surface area (Å²) in [4.78, 5) is 0. The molecule has 4 rings (SSSR count). The summed E-state index contributed by atoms with van der Waals surface area (Å²) in [7, 11) is 0. The van der Waals surface area contributed by atoms with Crippen molar-refractivity contribution in [3.8, 4) is 22.3 Å². The van der Waals surface area contributed by atoms with E-state index in [-0.39, 0.29) is 11.2 Å². The number of rotatable bonds is 1. The zero-order chi connectivity index (χ0) is 17.1.